The highest BCUT2D eigenvalue weighted by Crippen LogP contribution is 2.39. The lowest BCUT2D eigenvalue weighted by molar-refractivity contribution is -0.878. The molecule has 1 aliphatic heterocycles. The van der Waals surface area contributed by atoms with Gasteiger partial charge in [0.05, 0.1) is 18.7 Å². The SMILES string of the molecule is O=C(C[NH+]1CCCC1)Nc1sc2c(c1C(=O)c1ccccc1)CCCC2. The van der Waals surface area contributed by atoms with Gasteiger partial charge >= 0.3 is 0 Å². The molecule has 0 spiro atoms. The Bertz CT molecular complexity index is 807. The molecule has 1 saturated heterocycles. The fourth-order valence-electron chi connectivity index (χ4n) is 4.08. The average Bonchev–Trinajstić information content (AvgIpc) is 3.29. The average molecular weight is 370 g/mol. The van der Waals surface area contributed by atoms with Crippen LogP contribution >= 0.6 is 11.3 Å². The van der Waals surface area contributed by atoms with Crippen molar-refractivity contribution in [2.24, 2.45) is 0 Å². The van der Waals surface area contributed by atoms with Crippen LogP contribution in [-0.4, -0.2) is 31.3 Å². The molecule has 0 saturated carbocycles. The molecule has 1 amide bonds. The molecule has 1 aromatic carbocycles. The zero-order valence-electron chi connectivity index (χ0n) is 15.0. The Balaban J connectivity index is 1.62. The first-order chi connectivity index (χ1) is 12.7. The molecule has 2 heterocycles. The molecule has 1 aromatic heterocycles. The van der Waals surface area contributed by atoms with Gasteiger partial charge in [0.1, 0.15) is 5.00 Å². The van der Waals surface area contributed by atoms with E-state index in [1.165, 1.54) is 28.2 Å². The first kappa shape index (κ1) is 17.4. The third-order valence-corrected chi connectivity index (χ3v) is 6.62. The molecule has 136 valence electrons. The summed E-state index contributed by atoms with van der Waals surface area (Å²) in [4.78, 5) is 28.4. The van der Waals surface area contributed by atoms with E-state index in [0.717, 1.165) is 49.3 Å². The molecule has 26 heavy (non-hydrogen) atoms. The van der Waals surface area contributed by atoms with Gasteiger partial charge in [0.25, 0.3) is 5.91 Å². The first-order valence-corrected chi connectivity index (χ1v) is 10.4. The van der Waals surface area contributed by atoms with E-state index in [1.54, 1.807) is 11.3 Å². The summed E-state index contributed by atoms with van der Waals surface area (Å²) in [6.45, 7) is 2.65. The Morgan fingerprint density at radius 1 is 1.00 bits per heavy atom. The van der Waals surface area contributed by atoms with E-state index in [-0.39, 0.29) is 11.7 Å². The van der Waals surface area contributed by atoms with E-state index >= 15 is 0 Å². The van der Waals surface area contributed by atoms with Crippen LogP contribution in [0.3, 0.4) is 0 Å². The summed E-state index contributed by atoms with van der Waals surface area (Å²) in [5, 5.41) is 3.84. The summed E-state index contributed by atoms with van der Waals surface area (Å²) >= 11 is 1.61. The number of hydrogen-bond donors (Lipinski definition) is 2. The van der Waals surface area contributed by atoms with Crippen LogP contribution in [0.15, 0.2) is 30.3 Å². The second-order valence-electron chi connectivity index (χ2n) is 7.29. The molecule has 0 atom stereocenters. The van der Waals surface area contributed by atoms with Gasteiger partial charge in [-0.2, -0.15) is 0 Å². The van der Waals surface area contributed by atoms with Crippen molar-refractivity contribution < 1.29 is 14.5 Å². The quantitative estimate of drug-likeness (QED) is 0.796. The van der Waals surface area contributed by atoms with Crippen LogP contribution in [0.25, 0.3) is 0 Å². The lowest BCUT2D eigenvalue weighted by atomic mass is 9.92. The fourth-order valence-corrected chi connectivity index (χ4v) is 5.38. The summed E-state index contributed by atoms with van der Waals surface area (Å²) in [5.41, 5.74) is 2.60. The number of quaternary nitrogens is 1. The van der Waals surface area contributed by atoms with Crippen LogP contribution in [0.4, 0.5) is 5.00 Å². The molecule has 5 heteroatoms. The van der Waals surface area contributed by atoms with Gasteiger partial charge in [-0.05, 0) is 31.2 Å². The number of benzene rings is 1. The van der Waals surface area contributed by atoms with Crippen LogP contribution in [0.1, 0.15) is 52.0 Å². The van der Waals surface area contributed by atoms with Crippen molar-refractivity contribution in [3.63, 3.8) is 0 Å². The number of thiophene rings is 1. The Morgan fingerprint density at radius 2 is 1.73 bits per heavy atom. The monoisotopic (exact) mass is 369 g/mol. The number of anilines is 1. The van der Waals surface area contributed by atoms with Crippen molar-refractivity contribution in [3.05, 3.63) is 51.9 Å². The molecule has 4 nitrogen and oxygen atoms in total. The van der Waals surface area contributed by atoms with E-state index < -0.39 is 0 Å². The second kappa shape index (κ2) is 7.72. The molecule has 0 bridgehead atoms. The van der Waals surface area contributed by atoms with E-state index in [4.69, 9.17) is 0 Å². The highest BCUT2D eigenvalue weighted by Gasteiger charge is 2.28. The largest absolute Gasteiger partial charge is 0.327 e. The number of aryl methyl sites for hydroxylation is 1. The number of hydrogen-bond acceptors (Lipinski definition) is 3. The summed E-state index contributed by atoms with van der Waals surface area (Å²) in [6.07, 6.45) is 6.64. The van der Waals surface area contributed by atoms with Crippen LogP contribution in [-0.2, 0) is 17.6 Å². The molecular formula is C21H25N2O2S+. The zero-order chi connectivity index (χ0) is 17.9. The summed E-state index contributed by atoms with van der Waals surface area (Å²) in [5.74, 6) is 0.0661. The zero-order valence-corrected chi connectivity index (χ0v) is 15.8. The number of amides is 1. The molecule has 4 rings (SSSR count). The second-order valence-corrected chi connectivity index (χ2v) is 8.40. The van der Waals surface area contributed by atoms with Crippen molar-refractivity contribution in [2.45, 2.75) is 38.5 Å². The molecule has 1 aliphatic carbocycles. The minimum atomic E-state index is 0.0302. The topological polar surface area (TPSA) is 50.6 Å². The van der Waals surface area contributed by atoms with Crippen LogP contribution < -0.4 is 10.2 Å². The molecule has 1 fully saturated rings. The van der Waals surface area contributed by atoms with Crippen molar-refractivity contribution >= 4 is 28.0 Å². The van der Waals surface area contributed by atoms with Gasteiger partial charge in [0.2, 0.25) is 0 Å². The van der Waals surface area contributed by atoms with E-state index in [1.807, 2.05) is 30.3 Å². The Morgan fingerprint density at radius 3 is 2.50 bits per heavy atom. The lowest BCUT2D eigenvalue weighted by Gasteiger charge is -2.13. The van der Waals surface area contributed by atoms with Crippen LogP contribution in [0.2, 0.25) is 0 Å². The van der Waals surface area contributed by atoms with Crippen molar-refractivity contribution in [1.82, 2.24) is 0 Å². The summed E-state index contributed by atoms with van der Waals surface area (Å²) < 4.78 is 0. The molecule has 0 unspecified atom stereocenters. The highest BCUT2D eigenvalue weighted by molar-refractivity contribution is 7.17. The Hall–Kier alpha value is -1.98. The molecule has 2 aliphatic rings. The maximum absolute atomic E-state index is 13.2. The Labute approximate surface area is 158 Å². The molecule has 2 N–H and O–H groups in total. The third-order valence-electron chi connectivity index (χ3n) is 5.41. The van der Waals surface area contributed by atoms with E-state index in [9.17, 15) is 9.59 Å². The number of likely N-dealkylation sites (tertiary alicyclic amines) is 1. The van der Waals surface area contributed by atoms with Crippen LogP contribution in [0.5, 0.6) is 0 Å². The fraction of sp³-hybridized carbons (Fsp3) is 0.429. The number of carbonyl (C=O) groups excluding carboxylic acids is 2. The van der Waals surface area contributed by atoms with Crippen molar-refractivity contribution in [3.8, 4) is 0 Å². The van der Waals surface area contributed by atoms with E-state index in [2.05, 4.69) is 5.32 Å². The minimum absolute atomic E-state index is 0.0302. The van der Waals surface area contributed by atoms with Gasteiger partial charge < -0.3 is 10.2 Å². The van der Waals surface area contributed by atoms with Gasteiger partial charge in [0, 0.05) is 23.3 Å². The van der Waals surface area contributed by atoms with Gasteiger partial charge in [-0.25, -0.2) is 0 Å². The van der Waals surface area contributed by atoms with E-state index in [0.29, 0.717) is 12.1 Å². The molecule has 2 aromatic rings. The number of rotatable bonds is 5. The maximum Gasteiger partial charge on any atom is 0.280 e. The predicted molar refractivity (Wildman–Crippen MR) is 104 cm³/mol. The van der Waals surface area contributed by atoms with Crippen LogP contribution in [0, 0.1) is 0 Å². The summed E-state index contributed by atoms with van der Waals surface area (Å²) in [7, 11) is 0. The lowest BCUT2D eigenvalue weighted by Crippen LogP contribution is -3.11. The Kier molecular flexibility index (Phi) is 5.18. The summed E-state index contributed by atoms with van der Waals surface area (Å²) in [6, 6.07) is 9.41. The minimum Gasteiger partial charge on any atom is -0.327 e. The van der Waals surface area contributed by atoms with Gasteiger partial charge in [0.15, 0.2) is 12.3 Å². The number of ketones is 1. The maximum atomic E-state index is 13.2. The first-order valence-electron chi connectivity index (χ1n) is 9.60. The molecular weight excluding hydrogens is 344 g/mol. The predicted octanol–water partition coefficient (Wildman–Crippen LogP) is 2.48. The normalized spacial score (nSPS) is 17.1. The van der Waals surface area contributed by atoms with Gasteiger partial charge in [-0.1, -0.05) is 30.3 Å². The molecule has 0 radical (unpaired) electrons. The standard InChI is InChI=1S/C21H24N2O2S/c24-18(14-23-12-6-7-13-23)22-21-19(16-10-4-5-11-17(16)26-21)20(25)15-8-2-1-3-9-15/h1-3,8-9H,4-7,10-14H2,(H,22,24)/p+1. The number of fused-ring (bicyclic) bond motifs is 1. The smallest absolute Gasteiger partial charge is 0.280 e. The third kappa shape index (κ3) is 3.60. The van der Waals surface area contributed by atoms with Gasteiger partial charge in [-0.3, -0.25) is 9.59 Å². The van der Waals surface area contributed by atoms with Crippen molar-refractivity contribution in [1.29, 1.82) is 0 Å². The number of nitrogens with one attached hydrogen (secondary N) is 2. The number of carbonyl (C=O) groups is 2. The van der Waals surface area contributed by atoms with Crippen molar-refractivity contribution in [2.75, 3.05) is 25.0 Å². The highest BCUT2D eigenvalue weighted by atomic mass is 32.1. The van der Waals surface area contributed by atoms with Gasteiger partial charge in [-0.15, -0.1) is 11.3 Å².